The maximum atomic E-state index is 13.1. The second kappa shape index (κ2) is 6.00. The molecule has 1 saturated heterocycles. The largest absolute Gasteiger partial charge is 0.330 e. The molecule has 4 heteroatoms. The normalized spacial score (nSPS) is 25.3. The Morgan fingerprint density at radius 3 is 2.94 bits per heavy atom. The van der Waals surface area contributed by atoms with Gasteiger partial charge in [-0.15, -0.1) is 0 Å². The Hall–Kier alpha value is -0.640. The van der Waals surface area contributed by atoms with Gasteiger partial charge in [0.05, 0.1) is 5.02 Å². The Morgan fingerprint density at radius 2 is 2.28 bits per heavy atom. The van der Waals surface area contributed by atoms with Crippen molar-refractivity contribution in [2.75, 3.05) is 19.6 Å². The third-order valence-electron chi connectivity index (χ3n) is 3.89. The number of rotatable bonds is 3. The maximum Gasteiger partial charge on any atom is 0.141 e. The Balaban J connectivity index is 1.99. The fraction of sp³-hybridized carbons (Fsp3) is 0.571. The summed E-state index contributed by atoms with van der Waals surface area (Å²) in [5.74, 6) is 0.908. The minimum Gasteiger partial charge on any atom is -0.330 e. The molecular formula is C14H20ClFN2. The van der Waals surface area contributed by atoms with E-state index in [0.717, 1.165) is 31.7 Å². The fourth-order valence-corrected chi connectivity index (χ4v) is 2.77. The highest BCUT2D eigenvalue weighted by atomic mass is 35.5. The summed E-state index contributed by atoms with van der Waals surface area (Å²) in [6.45, 7) is 5.92. The predicted octanol–water partition coefficient (Wildman–Crippen LogP) is 2.90. The van der Waals surface area contributed by atoms with E-state index in [4.69, 9.17) is 17.3 Å². The highest BCUT2D eigenvalue weighted by molar-refractivity contribution is 6.30. The van der Waals surface area contributed by atoms with E-state index in [1.165, 1.54) is 12.5 Å². The van der Waals surface area contributed by atoms with Crippen molar-refractivity contribution in [1.82, 2.24) is 4.90 Å². The van der Waals surface area contributed by atoms with Crippen LogP contribution in [0.3, 0.4) is 0 Å². The number of hydrogen-bond acceptors (Lipinski definition) is 2. The van der Waals surface area contributed by atoms with E-state index >= 15 is 0 Å². The lowest BCUT2D eigenvalue weighted by atomic mass is 9.87. The van der Waals surface area contributed by atoms with E-state index in [9.17, 15) is 4.39 Å². The molecule has 2 N–H and O–H groups in total. The highest BCUT2D eigenvalue weighted by Crippen LogP contribution is 2.24. The standard InChI is InChI=1S/C14H20ClFN2/c1-10-4-5-18(9-12(10)7-17)8-11-2-3-14(16)13(15)6-11/h2-3,6,10,12H,4-5,7-9,17H2,1H3. The summed E-state index contributed by atoms with van der Waals surface area (Å²) >= 11 is 5.80. The van der Waals surface area contributed by atoms with Crippen LogP contribution >= 0.6 is 11.6 Å². The molecule has 1 heterocycles. The Bertz CT molecular complexity index is 411. The van der Waals surface area contributed by atoms with Crippen molar-refractivity contribution >= 4 is 11.6 Å². The molecule has 1 aliphatic rings. The minimum absolute atomic E-state index is 0.202. The number of piperidine rings is 1. The van der Waals surface area contributed by atoms with Crippen LogP contribution in [-0.2, 0) is 6.54 Å². The van der Waals surface area contributed by atoms with Crippen LogP contribution in [0.5, 0.6) is 0 Å². The van der Waals surface area contributed by atoms with Crippen LogP contribution in [0.1, 0.15) is 18.9 Å². The van der Waals surface area contributed by atoms with E-state index in [2.05, 4.69) is 11.8 Å². The first-order chi connectivity index (χ1) is 8.60. The summed E-state index contributed by atoms with van der Waals surface area (Å²) in [7, 11) is 0. The van der Waals surface area contributed by atoms with Crippen LogP contribution in [0.15, 0.2) is 18.2 Å². The molecule has 100 valence electrons. The lowest BCUT2D eigenvalue weighted by Gasteiger charge is -2.36. The Kier molecular flexibility index (Phi) is 4.60. The third-order valence-corrected chi connectivity index (χ3v) is 4.18. The van der Waals surface area contributed by atoms with Crippen molar-refractivity contribution in [2.45, 2.75) is 19.9 Å². The molecule has 1 aliphatic heterocycles. The first-order valence-electron chi connectivity index (χ1n) is 6.46. The molecule has 2 atom stereocenters. The molecule has 0 radical (unpaired) electrons. The van der Waals surface area contributed by atoms with Gasteiger partial charge in [-0.05, 0) is 49.0 Å². The van der Waals surface area contributed by atoms with Gasteiger partial charge in [-0.3, -0.25) is 4.90 Å². The van der Waals surface area contributed by atoms with Crippen LogP contribution in [-0.4, -0.2) is 24.5 Å². The molecule has 2 rings (SSSR count). The monoisotopic (exact) mass is 270 g/mol. The number of benzene rings is 1. The van der Waals surface area contributed by atoms with Gasteiger partial charge < -0.3 is 5.73 Å². The third kappa shape index (κ3) is 3.22. The topological polar surface area (TPSA) is 29.3 Å². The van der Waals surface area contributed by atoms with Gasteiger partial charge in [-0.1, -0.05) is 24.6 Å². The number of nitrogens with zero attached hydrogens (tertiary/aromatic N) is 1. The van der Waals surface area contributed by atoms with Crippen LogP contribution in [0.2, 0.25) is 5.02 Å². The van der Waals surface area contributed by atoms with Crippen molar-refractivity contribution in [3.8, 4) is 0 Å². The van der Waals surface area contributed by atoms with E-state index in [1.54, 1.807) is 12.1 Å². The number of likely N-dealkylation sites (tertiary alicyclic amines) is 1. The molecule has 0 aromatic heterocycles. The average molecular weight is 271 g/mol. The Morgan fingerprint density at radius 1 is 1.50 bits per heavy atom. The molecule has 0 amide bonds. The van der Waals surface area contributed by atoms with E-state index in [1.807, 2.05) is 0 Å². The molecule has 0 saturated carbocycles. The first kappa shape index (κ1) is 13.8. The van der Waals surface area contributed by atoms with Crippen molar-refractivity contribution in [3.05, 3.63) is 34.6 Å². The van der Waals surface area contributed by atoms with Gasteiger partial charge >= 0.3 is 0 Å². The van der Waals surface area contributed by atoms with Crippen molar-refractivity contribution < 1.29 is 4.39 Å². The summed E-state index contributed by atoms with van der Waals surface area (Å²) in [5.41, 5.74) is 6.86. The van der Waals surface area contributed by atoms with Gasteiger partial charge in [-0.2, -0.15) is 0 Å². The van der Waals surface area contributed by atoms with Gasteiger partial charge in [0.15, 0.2) is 0 Å². The highest BCUT2D eigenvalue weighted by Gasteiger charge is 2.24. The molecule has 1 fully saturated rings. The zero-order valence-corrected chi connectivity index (χ0v) is 11.5. The molecule has 1 aromatic carbocycles. The number of halogens is 2. The first-order valence-corrected chi connectivity index (χ1v) is 6.84. The van der Waals surface area contributed by atoms with E-state index in [-0.39, 0.29) is 10.8 Å². The van der Waals surface area contributed by atoms with E-state index < -0.39 is 0 Å². The zero-order chi connectivity index (χ0) is 13.1. The van der Waals surface area contributed by atoms with Crippen LogP contribution < -0.4 is 5.73 Å². The summed E-state index contributed by atoms with van der Waals surface area (Å²) in [6, 6.07) is 4.95. The Labute approximate surface area is 113 Å². The summed E-state index contributed by atoms with van der Waals surface area (Å²) in [6.07, 6.45) is 1.18. The molecule has 2 nitrogen and oxygen atoms in total. The van der Waals surface area contributed by atoms with Gasteiger partial charge in [0.2, 0.25) is 0 Å². The number of nitrogens with two attached hydrogens (primary N) is 1. The summed E-state index contributed by atoms with van der Waals surface area (Å²) in [5, 5.41) is 0.202. The van der Waals surface area contributed by atoms with Crippen molar-refractivity contribution in [2.24, 2.45) is 17.6 Å². The van der Waals surface area contributed by atoms with Crippen LogP contribution in [0.25, 0.3) is 0 Å². The molecule has 18 heavy (non-hydrogen) atoms. The second-order valence-corrected chi connectivity index (χ2v) is 5.65. The molecule has 0 spiro atoms. The van der Waals surface area contributed by atoms with E-state index in [0.29, 0.717) is 11.8 Å². The quantitative estimate of drug-likeness (QED) is 0.915. The lowest BCUT2D eigenvalue weighted by Crippen LogP contribution is -2.42. The minimum atomic E-state index is -0.354. The smallest absolute Gasteiger partial charge is 0.141 e. The molecular weight excluding hydrogens is 251 g/mol. The SMILES string of the molecule is CC1CCN(Cc2ccc(F)c(Cl)c2)CC1CN. The lowest BCUT2D eigenvalue weighted by molar-refractivity contribution is 0.126. The zero-order valence-electron chi connectivity index (χ0n) is 10.7. The molecule has 2 unspecified atom stereocenters. The molecule has 0 bridgehead atoms. The van der Waals surface area contributed by atoms with Gasteiger partial charge in [-0.25, -0.2) is 4.39 Å². The summed E-state index contributed by atoms with van der Waals surface area (Å²) < 4.78 is 13.1. The predicted molar refractivity (Wildman–Crippen MR) is 73.0 cm³/mol. The summed E-state index contributed by atoms with van der Waals surface area (Å²) in [4.78, 5) is 2.38. The molecule has 0 aliphatic carbocycles. The fourth-order valence-electron chi connectivity index (χ4n) is 2.57. The average Bonchev–Trinajstić information content (AvgIpc) is 2.36. The van der Waals surface area contributed by atoms with Gasteiger partial charge in [0, 0.05) is 13.1 Å². The van der Waals surface area contributed by atoms with Crippen LogP contribution in [0, 0.1) is 17.7 Å². The van der Waals surface area contributed by atoms with Crippen molar-refractivity contribution in [1.29, 1.82) is 0 Å². The van der Waals surface area contributed by atoms with Gasteiger partial charge in [0.1, 0.15) is 5.82 Å². The maximum absolute atomic E-state index is 13.1. The van der Waals surface area contributed by atoms with Gasteiger partial charge in [0.25, 0.3) is 0 Å². The van der Waals surface area contributed by atoms with Crippen molar-refractivity contribution in [3.63, 3.8) is 0 Å². The second-order valence-electron chi connectivity index (χ2n) is 5.25. The molecule has 1 aromatic rings. The van der Waals surface area contributed by atoms with Crippen LogP contribution in [0.4, 0.5) is 4.39 Å². The number of hydrogen-bond donors (Lipinski definition) is 1.